The van der Waals surface area contributed by atoms with Crippen molar-refractivity contribution >= 4 is 27.9 Å². The summed E-state index contributed by atoms with van der Waals surface area (Å²) < 4.78 is 1.40. The van der Waals surface area contributed by atoms with E-state index in [4.69, 9.17) is 5.11 Å². The first kappa shape index (κ1) is 8.82. The minimum atomic E-state index is -0.877. The van der Waals surface area contributed by atoms with Crippen LogP contribution >= 0.6 is 0 Å². The molecule has 0 saturated carbocycles. The van der Waals surface area contributed by atoms with Gasteiger partial charge in [-0.15, -0.1) is 0 Å². The number of fused-ring (bicyclic) bond motifs is 6. The fourth-order valence-electron chi connectivity index (χ4n) is 2.58. The minimum Gasteiger partial charge on any atom is -0.464 e. The Morgan fingerprint density at radius 3 is 2.41 bits per heavy atom. The lowest BCUT2D eigenvalue weighted by molar-refractivity contribution is 0.200. The molecule has 0 radical (unpaired) electrons. The van der Waals surface area contributed by atoms with Crippen LogP contribution in [0, 0.1) is 0 Å². The van der Waals surface area contributed by atoms with E-state index in [1.165, 1.54) is 21.1 Å². The Balaban J connectivity index is 2.22. The molecule has 4 rings (SSSR count). The molecule has 82 valence electrons. The molecule has 1 aliphatic rings. The quantitative estimate of drug-likeness (QED) is 0.497. The van der Waals surface area contributed by atoms with Crippen molar-refractivity contribution in [1.82, 2.24) is 4.57 Å². The molecular formula is C14H9NO2. The maximum absolute atomic E-state index is 11.1. The van der Waals surface area contributed by atoms with Crippen molar-refractivity contribution in [2.45, 2.75) is 6.42 Å². The molecule has 3 aromatic rings. The summed E-state index contributed by atoms with van der Waals surface area (Å²) in [5.41, 5.74) is 4.32. The first-order valence-corrected chi connectivity index (χ1v) is 5.55. The molecule has 0 amide bonds. The lowest BCUT2D eigenvalue weighted by Crippen LogP contribution is -1.96. The number of carboxylic acid groups (broad SMARTS) is 1. The second kappa shape index (κ2) is 2.69. The standard InChI is InChI=1S/C14H9NO2/c16-14(17)15-12-9-6-4-2-1-3-5-8(9)10-7-11(10)13(12)15/h1-6H,7H2,(H,16,17). The number of aromatic nitrogens is 1. The Morgan fingerprint density at radius 1 is 1.00 bits per heavy atom. The molecule has 3 heteroatoms. The smallest absolute Gasteiger partial charge is 0.416 e. The molecular weight excluding hydrogens is 214 g/mol. The predicted octanol–water partition coefficient (Wildman–Crippen LogP) is 3.22. The van der Waals surface area contributed by atoms with Crippen LogP contribution in [0.4, 0.5) is 4.79 Å². The summed E-state index contributed by atoms with van der Waals surface area (Å²) in [6, 6.07) is 11.9. The molecule has 0 spiro atoms. The van der Waals surface area contributed by atoms with Crippen molar-refractivity contribution in [3.05, 3.63) is 47.5 Å². The van der Waals surface area contributed by atoms with Crippen LogP contribution in [0.1, 0.15) is 11.1 Å². The molecule has 17 heavy (non-hydrogen) atoms. The van der Waals surface area contributed by atoms with E-state index >= 15 is 0 Å². The zero-order valence-electron chi connectivity index (χ0n) is 8.97. The lowest BCUT2D eigenvalue weighted by atomic mass is 10.1. The van der Waals surface area contributed by atoms with Gasteiger partial charge in [0.1, 0.15) is 0 Å². The number of hydrogen-bond acceptors (Lipinski definition) is 1. The fourth-order valence-corrected chi connectivity index (χ4v) is 2.58. The lowest BCUT2D eigenvalue weighted by Gasteiger charge is -1.89. The fraction of sp³-hybridized carbons (Fsp3) is 0.0714. The number of nitrogens with zero attached hydrogens (tertiary/aromatic N) is 1. The highest BCUT2D eigenvalue weighted by Gasteiger charge is 2.34. The summed E-state index contributed by atoms with van der Waals surface area (Å²) in [5.74, 6) is 0. The first-order chi connectivity index (χ1) is 8.29. The molecule has 0 unspecified atom stereocenters. The Bertz CT molecular complexity index is 799. The third-order valence-electron chi connectivity index (χ3n) is 3.42. The maximum Gasteiger partial charge on any atom is 0.416 e. The molecule has 1 aromatic heterocycles. The minimum absolute atomic E-state index is 0.875. The summed E-state index contributed by atoms with van der Waals surface area (Å²) in [5, 5.41) is 11.3. The number of rotatable bonds is 0. The zero-order chi connectivity index (χ0) is 11.6. The molecule has 0 atom stereocenters. The molecule has 2 aromatic carbocycles. The van der Waals surface area contributed by atoms with Gasteiger partial charge in [-0.05, 0) is 16.5 Å². The van der Waals surface area contributed by atoms with Crippen LogP contribution in [-0.2, 0) is 6.42 Å². The van der Waals surface area contributed by atoms with E-state index in [2.05, 4.69) is 6.07 Å². The zero-order valence-corrected chi connectivity index (χ0v) is 8.97. The van der Waals surface area contributed by atoms with Crippen molar-refractivity contribution < 1.29 is 9.90 Å². The Kier molecular flexibility index (Phi) is 1.39. The van der Waals surface area contributed by atoms with Crippen LogP contribution in [0.2, 0.25) is 0 Å². The van der Waals surface area contributed by atoms with E-state index in [0.717, 1.165) is 22.8 Å². The highest BCUT2D eigenvalue weighted by Crippen LogP contribution is 2.47. The first-order valence-electron chi connectivity index (χ1n) is 5.55. The van der Waals surface area contributed by atoms with E-state index in [1.807, 2.05) is 30.3 Å². The van der Waals surface area contributed by atoms with Gasteiger partial charge in [-0.1, -0.05) is 36.4 Å². The van der Waals surface area contributed by atoms with Crippen molar-refractivity contribution in [3.8, 4) is 0 Å². The second-order valence-corrected chi connectivity index (χ2v) is 4.38. The van der Waals surface area contributed by atoms with Gasteiger partial charge in [0, 0.05) is 11.8 Å². The van der Waals surface area contributed by atoms with Crippen LogP contribution in [-0.4, -0.2) is 15.8 Å². The Hall–Kier alpha value is -2.29. The summed E-state index contributed by atoms with van der Waals surface area (Å²) in [6.07, 6.45) is 0.0565. The van der Waals surface area contributed by atoms with Crippen molar-refractivity contribution in [3.63, 3.8) is 0 Å². The van der Waals surface area contributed by atoms with Gasteiger partial charge in [-0.2, -0.15) is 0 Å². The Morgan fingerprint density at radius 2 is 1.71 bits per heavy atom. The van der Waals surface area contributed by atoms with E-state index in [1.54, 1.807) is 0 Å². The van der Waals surface area contributed by atoms with Crippen LogP contribution in [0.3, 0.4) is 0 Å². The summed E-state index contributed by atoms with van der Waals surface area (Å²) in [6.45, 7) is 0. The molecule has 1 N–H and O–H groups in total. The number of carbonyl (C=O) groups is 1. The van der Waals surface area contributed by atoms with Gasteiger partial charge in [-0.25, -0.2) is 9.36 Å². The van der Waals surface area contributed by atoms with Crippen molar-refractivity contribution in [2.24, 2.45) is 0 Å². The third-order valence-corrected chi connectivity index (χ3v) is 3.42. The summed E-state index contributed by atoms with van der Waals surface area (Å²) in [4.78, 5) is 11.1. The van der Waals surface area contributed by atoms with Crippen LogP contribution < -0.4 is 0 Å². The van der Waals surface area contributed by atoms with E-state index in [9.17, 15) is 4.79 Å². The van der Waals surface area contributed by atoms with Gasteiger partial charge < -0.3 is 5.11 Å². The topological polar surface area (TPSA) is 42.2 Å². The molecule has 0 saturated heterocycles. The average Bonchev–Trinajstić information content (AvgIpc) is 3.07. The average molecular weight is 223 g/mol. The normalized spacial score (nSPS) is 12.9. The van der Waals surface area contributed by atoms with Gasteiger partial charge in [0.15, 0.2) is 0 Å². The van der Waals surface area contributed by atoms with E-state index in [-0.39, 0.29) is 0 Å². The summed E-state index contributed by atoms with van der Waals surface area (Å²) in [7, 11) is 0. The SMILES string of the molecule is O=C(O)n1c2c3c(c4ccccccc4c21)C3. The number of hydrogen-bond donors (Lipinski definition) is 1. The number of benzene rings is 1. The van der Waals surface area contributed by atoms with Gasteiger partial charge in [0.05, 0.1) is 11.0 Å². The molecule has 1 heterocycles. The molecule has 0 bridgehead atoms. The third kappa shape index (κ3) is 1.03. The molecule has 0 fully saturated rings. The van der Waals surface area contributed by atoms with Crippen molar-refractivity contribution in [1.29, 1.82) is 0 Å². The van der Waals surface area contributed by atoms with Gasteiger partial charge in [0.2, 0.25) is 0 Å². The summed E-state index contributed by atoms with van der Waals surface area (Å²) >= 11 is 0. The Labute approximate surface area is 96.9 Å². The van der Waals surface area contributed by atoms with Crippen LogP contribution in [0.25, 0.3) is 21.8 Å². The van der Waals surface area contributed by atoms with Crippen molar-refractivity contribution in [2.75, 3.05) is 0 Å². The van der Waals surface area contributed by atoms with Gasteiger partial charge >= 0.3 is 6.09 Å². The highest BCUT2D eigenvalue weighted by molar-refractivity contribution is 6.21. The van der Waals surface area contributed by atoms with Gasteiger partial charge in [0.25, 0.3) is 0 Å². The van der Waals surface area contributed by atoms with E-state index < -0.39 is 6.09 Å². The molecule has 1 aliphatic carbocycles. The van der Waals surface area contributed by atoms with Crippen LogP contribution in [0.5, 0.6) is 0 Å². The maximum atomic E-state index is 11.1. The predicted molar refractivity (Wildman–Crippen MR) is 65.7 cm³/mol. The monoisotopic (exact) mass is 223 g/mol. The highest BCUT2D eigenvalue weighted by atomic mass is 16.4. The molecule has 0 aliphatic heterocycles. The van der Waals surface area contributed by atoms with E-state index in [0.29, 0.717) is 0 Å². The van der Waals surface area contributed by atoms with Gasteiger partial charge in [-0.3, -0.25) is 0 Å². The largest absolute Gasteiger partial charge is 0.464 e. The van der Waals surface area contributed by atoms with Crippen LogP contribution in [0.15, 0.2) is 36.4 Å². The second-order valence-electron chi connectivity index (χ2n) is 4.38. The molecule has 3 nitrogen and oxygen atoms in total.